The van der Waals surface area contributed by atoms with Gasteiger partial charge in [0.2, 0.25) is 0 Å². The summed E-state index contributed by atoms with van der Waals surface area (Å²) in [6.07, 6.45) is 0. The maximum Gasteiger partial charge on any atom is 0.261 e. The number of hydrogen-bond donors (Lipinski definition) is 1. The quantitative estimate of drug-likeness (QED) is 0.743. The lowest BCUT2D eigenvalue weighted by Crippen LogP contribution is -2.38. The fourth-order valence-electron chi connectivity index (χ4n) is 2.78. The minimum atomic E-state index is -0.377. The van der Waals surface area contributed by atoms with Gasteiger partial charge in [-0.1, -0.05) is 0 Å². The summed E-state index contributed by atoms with van der Waals surface area (Å²) < 4.78 is 11.0. The maximum atomic E-state index is 12.2. The lowest BCUT2D eigenvalue weighted by Gasteiger charge is -2.26. The third-order valence-corrected chi connectivity index (χ3v) is 4.05. The molecule has 1 fully saturated rings. The van der Waals surface area contributed by atoms with Crippen molar-refractivity contribution in [2.24, 2.45) is 0 Å². The van der Waals surface area contributed by atoms with E-state index in [1.807, 2.05) is 0 Å². The van der Waals surface area contributed by atoms with Gasteiger partial charge >= 0.3 is 0 Å². The van der Waals surface area contributed by atoms with Crippen molar-refractivity contribution in [1.29, 1.82) is 0 Å². The Balaban J connectivity index is 1.61. The molecule has 1 saturated heterocycles. The van der Waals surface area contributed by atoms with E-state index < -0.39 is 0 Å². The van der Waals surface area contributed by atoms with Crippen LogP contribution in [0.4, 0.5) is 0 Å². The Hall–Kier alpha value is -1.96. The molecular formula is C16H20N2O5. The van der Waals surface area contributed by atoms with Crippen molar-refractivity contribution in [2.45, 2.75) is 0 Å². The molecule has 1 aromatic carbocycles. The van der Waals surface area contributed by atoms with E-state index in [1.165, 1.54) is 0 Å². The Kier molecular flexibility index (Phi) is 4.90. The summed E-state index contributed by atoms with van der Waals surface area (Å²) in [4.78, 5) is 27.6. The number of carbonyl (C=O) groups is 2. The molecule has 0 saturated carbocycles. The van der Waals surface area contributed by atoms with Crippen LogP contribution in [0.3, 0.4) is 0 Å². The second-order valence-electron chi connectivity index (χ2n) is 5.50. The van der Waals surface area contributed by atoms with Gasteiger partial charge in [-0.25, -0.2) is 0 Å². The number of nitrogens with zero attached hydrogens (tertiary/aromatic N) is 2. The van der Waals surface area contributed by atoms with E-state index in [4.69, 9.17) is 14.6 Å². The van der Waals surface area contributed by atoms with Gasteiger partial charge in [-0.05, 0) is 18.2 Å². The number of β-amino-alcohol motifs (C(OH)–C–C–N with tert-alkyl or cyclic N) is 1. The van der Waals surface area contributed by atoms with Crippen LogP contribution in [0.2, 0.25) is 0 Å². The van der Waals surface area contributed by atoms with Crippen LogP contribution in [-0.4, -0.2) is 79.3 Å². The molecule has 0 unspecified atom stereocenters. The zero-order chi connectivity index (χ0) is 16.2. The zero-order valence-corrected chi connectivity index (χ0v) is 12.9. The van der Waals surface area contributed by atoms with E-state index in [9.17, 15) is 9.59 Å². The fraction of sp³-hybridized carbons (Fsp3) is 0.500. The van der Waals surface area contributed by atoms with Gasteiger partial charge in [0.1, 0.15) is 12.4 Å². The lowest BCUT2D eigenvalue weighted by molar-refractivity contribution is 0.0322. The highest BCUT2D eigenvalue weighted by Gasteiger charge is 2.35. The normalized spacial score (nSPS) is 18.4. The largest absolute Gasteiger partial charge is 0.492 e. The minimum Gasteiger partial charge on any atom is -0.492 e. The molecule has 7 nitrogen and oxygen atoms in total. The van der Waals surface area contributed by atoms with Crippen LogP contribution >= 0.6 is 0 Å². The summed E-state index contributed by atoms with van der Waals surface area (Å²) in [5.74, 6) is -0.166. The highest BCUT2D eigenvalue weighted by molar-refractivity contribution is 6.21. The fourth-order valence-corrected chi connectivity index (χ4v) is 2.78. The summed E-state index contributed by atoms with van der Waals surface area (Å²) in [6.45, 7) is 4.37. The minimum absolute atomic E-state index is 0.0135. The van der Waals surface area contributed by atoms with Crippen molar-refractivity contribution in [1.82, 2.24) is 9.80 Å². The first-order chi connectivity index (χ1) is 11.2. The smallest absolute Gasteiger partial charge is 0.261 e. The van der Waals surface area contributed by atoms with Crippen LogP contribution in [0, 0.1) is 0 Å². The van der Waals surface area contributed by atoms with Crippen molar-refractivity contribution < 1.29 is 24.2 Å². The molecule has 7 heteroatoms. The summed E-state index contributed by atoms with van der Waals surface area (Å²) in [5, 5.41) is 8.95. The van der Waals surface area contributed by atoms with Gasteiger partial charge in [0, 0.05) is 19.6 Å². The molecule has 0 spiro atoms. The highest BCUT2D eigenvalue weighted by Crippen LogP contribution is 2.26. The van der Waals surface area contributed by atoms with E-state index in [0.29, 0.717) is 23.5 Å². The summed E-state index contributed by atoms with van der Waals surface area (Å²) in [7, 11) is 0. The van der Waals surface area contributed by atoms with Crippen molar-refractivity contribution >= 4 is 11.8 Å². The van der Waals surface area contributed by atoms with E-state index >= 15 is 0 Å². The third-order valence-electron chi connectivity index (χ3n) is 4.05. The number of amides is 2. The monoisotopic (exact) mass is 320 g/mol. The van der Waals surface area contributed by atoms with E-state index in [1.54, 1.807) is 18.2 Å². The van der Waals surface area contributed by atoms with Gasteiger partial charge in [0.25, 0.3) is 11.8 Å². The van der Waals surface area contributed by atoms with Gasteiger partial charge in [-0.2, -0.15) is 0 Å². The second-order valence-corrected chi connectivity index (χ2v) is 5.50. The number of aliphatic hydroxyl groups is 1. The first-order valence-corrected chi connectivity index (χ1v) is 7.74. The van der Waals surface area contributed by atoms with Crippen molar-refractivity contribution in [3.63, 3.8) is 0 Å². The molecule has 1 aromatic rings. The zero-order valence-electron chi connectivity index (χ0n) is 12.9. The van der Waals surface area contributed by atoms with Crippen molar-refractivity contribution in [3.05, 3.63) is 29.3 Å². The van der Waals surface area contributed by atoms with Crippen molar-refractivity contribution in [2.75, 3.05) is 52.6 Å². The molecular weight excluding hydrogens is 300 g/mol. The molecule has 3 rings (SSSR count). The molecule has 0 atom stereocenters. The van der Waals surface area contributed by atoms with Crippen LogP contribution in [0.1, 0.15) is 20.7 Å². The molecule has 0 aliphatic carbocycles. The average Bonchev–Trinajstić information content (AvgIpc) is 2.81. The van der Waals surface area contributed by atoms with E-state index in [2.05, 4.69) is 4.90 Å². The van der Waals surface area contributed by atoms with Gasteiger partial charge < -0.3 is 14.6 Å². The number of hydrogen-bond acceptors (Lipinski definition) is 6. The lowest BCUT2D eigenvalue weighted by atomic mass is 10.1. The number of aliphatic hydroxyl groups excluding tert-OH is 1. The summed E-state index contributed by atoms with van der Waals surface area (Å²) in [6, 6.07) is 4.91. The van der Waals surface area contributed by atoms with Crippen LogP contribution in [-0.2, 0) is 4.74 Å². The molecule has 0 bridgehead atoms. The maximum absolute atomic E-state index is 12.2. The molecule has 23 heavy (non-hydrogen) atoms. The predicted octanol–water partition coefficient (Wildman–Crippen LogP) is -0.0141. The molecule has 2 heterocycles. The van der Waals surface area contributed by atoms with Crippen LogP contribution < -0.4 is 4.74 Å². The molecule has 1 N–H and O–H groups in total. The molecule has 2 aliphatic rings. The standard InChI is InChI=1S/C16H20N2O5/c19-7-3-18-15(20)13-2-1-12(11-14(13)16(18)21)23-10-6-17-4-8-22-9-5-17/h1-2,11,19H,3-10H2. The Bertz CT molecular complexity index is 598. The van der Waals surface area contributed by atoms with E-state index in [-0.39, 0.29) is 25.0 Å². The first-order valence-electron chi connectivity index (χ1n) is 7.74. The van der Waals surface area contributed by atoms with Gasteiger partial charge in [0.15, 0.2) is 0 Å². The third kappa shape index (κ3) is 3.36. The SMILES string of the molecule is O=C1c2ccc(OCCN3CCOCC3)cc2C(=O)N1CCO. The van der Waals surface area contributed by atoms with Crippen molar-refractivity contribution in [3.8, 4) is 5.75 Å². The number of carbonyl (C=O) groups excluding carboxylic acids is 2. The molecule has 2 amide bonds. The van der Waals surface area contributed by atoms with E-state index in [0.717, 1.165) is 37.7 Å². The number of rotatable bonds is 6. The summed E-state index contributed by atoms with van der Waals surface area (Å²) >= 11 is 0. The molecule has 0 radical (unpaired) electrons. The van der Waals surface area contributed by atoms with Crippen LogP contribution in [0.25, 0.3) is 0 Å². The number of fused-ring (bicyclic) bond motifs is 1. The average molecular weight is 320 g/mol. The number of imide groups is 1. The van der Waals surface area contributed by atoms with Gasteiger partial charge in [-0.3, -0.25) is 19.4 Å². The molecule has 2 aliphatic heterocycles. The Morgan fingerprint density at radius 1 is 1.09 bits per heavy atom. The summed E-state index contributed by atoms with van der Waals surface area (Å²) in [5.41, 5.74) is 0.705. The van der Waals surface area contributed by atoms with Crippen LogP contribution in [0.5, 0.6) is 5.75 Å². The topological polar surface area (TPSA) is 79.3 Å². The van der Waals surface area contributed by atoms with Gasteiger partial charge in [0.05, 0.1) is 37.5 Å². The Morgan fingerprint density at radius 3 is 2.57 bits per heavy atom. The van der Waals surface area contributed by atoms with Gasteiger partial charge in [-0.15, -0.1) is 0 Å². The molecule has 0 aromatic heterocycles. The second kappa shape index (κ2) is 7.08. The number of benzene rings is 1. The Morgan fingerprint density at radius 2 is 1.83 bits per heavy atom. The number of ether oxygens (including phenoxy) is 2. The van der Waals surface area contributed by atoms with Crippen LogP contribution in [0.15, 0.2) is 18.2 Å². The number of morpholine rings is 1. The first kappa shape index (κ1) is 15.9. The highest BCUT2D eigenvalue weighted by atomic mass is 16.5. The Labute approximate surface area is 134 Å². The predicted molar refractivity (Wildman–Crippen MR) is 81.6 cm³/mol. The molecule has 124 valence electrons.